The molecule has 2 rings (SSSR count). The topological polar surface area (TPSA) is 66.4 Å². The summed E-state index contributed by atoms with van der Waals surface area (Å²) in [6.07, 6.45) is 2.52. The Balaban J connectivity index is 2.60. The summed E-state index contributed by atoms with van der Waals surface area (Å²) >= 11 is 11.7. The number of halogens is 2. The van der Waals surface area contributed by atoms with E-state index in [1.54, 1.807) is 0 Å². The van der Waals surface area contributed by atoms with Crippen LogP contribution in [0, 0.1) is 0 Å². The Kier molecular flexibility index (Phi) is 4.54. The highest BCUT2D eigenvalue weighted by Crippen LogP contribution is 2.42. The van der Waals surface area contributed by atoms with Crippen LogP contribution in [0.3, 0.4) is 0 Å². The predicted molar refractivity (Wildman–Crippen MR) is 80.2 cm³/mol. The first-order chi connectivity index (χ1) is 9.34. The summed E-state index contributed by atoms with van der Waals surface area (Å²) in [6, 6.07) is 2.58. The molecule has 1 aliphatic rings. The van der Waals surface area contributed by atoms with Crippen molar-refractivity contribution in [3.05, 3.63) is 22.2 Å². The molecule has 2 N–H and O–H groups in total. The van der Waals surface area contributed by atoms with Gasteiger partial charge >= 0.3 is 0 Å². The van der Waals surface area contributed by atoms with Gasteiger partial charge in [-0.1, -0.05) is 36.5 Å². The first-order valence-corrected chi connectivity index (χ1v) is 8.75. The summed E-state index contributed by atoms with van der Waals surface area (Å²) in [5.74, 6) is -0.430. The van der Waals surface area contributed by atoms with Crippen LogP contribution < -0.4 is 5.32 Å². The zero-order valence-electron chi connectivity index (χ0n) is 11.1. The molecule has 112 valence electrons. The molecule has 20 heavy (non-hydrogen) atoms. The van der Waals surface area contributed by atoms with Crippen molar-refractivity contribution >= 4 is 33.0 Å². The molecule has 4 nitrogen and oxygen atoms in total. The molecule has 0 bridgehead atoms. The van der Waals surface area contributed by atoms with Crippen LogP contribution in [0.5, 0.6) is 5.75 Å². The largest absolute Gasteiger partial charge is 0.505 e. The van der Waals surface area contributed by atoms with Gasteiger partial charge in [0.2, 0.25) is 9.84 Å². The number of benzene rings is 1. The highest BCUT2D eigenvalue weighted by atomic mass is 35.5. The zero-order valence-corrected chi connectivity index (χ0v) is 13.4. The van der Waals surface area contributed by atoms with Crippen molar-refractivity contribution in [3.8, 4) is 5.75 Å². The van der Waals surface area contributed by atoms with E-state index in [-0.39, 0.29) is 14.9 Å². The van der Waals surface area contributed by atoms with Crippen LogP contribution in [-0.2, 0) is 9.84 Å². The van der Waals surface area contributed by atoms with Crippen molar-refractivity contribution in [1.82, 2.24) is 5.32 Å². The average Bonchev–Trinajstić information content (AvgIpc) is 2.84. The average molecular weight is 338 g/mol. The Morgan fingerprint density at radius 1 is 1.40 bits per heavy atom. The van der Waals surface area contributed by atoms with E-state index < -0.39 is 20.5 Å². The Bertz CT molecular complexity index is 610. The SMILES string of the molecule is CCC[C@]1(S(=O)(=O)c2cc(Cl)cc(Cl)c2O)CCCN1. The second-order valence-corrected chi connectivity index (χ2v) is 8.08. The molecular formula is C13H17Cl2NO3S. The van der Waals surface area contributed by atoms with Gasteiger partial charge in [-0.15, -0.1) is 0 Å². The van der Waals surface area contributed by atoms with Crippen LogP contribution in [0.25, 0.3) is 0 Å². The van der Waals surface area contributed by atoms with Gasteiger partial charge < -0.3 is 5.11 Å². The van der Waals surface area contributed by atoms with Crippen LogP contribution >= 0.6 is 23.2 Å². The second kappa shape index (κ2) is 5.72. The van der Waals surface area contributed by atoms with E-state index in [9.17, 15) is 13.5 Å². The number of phenolic OH excluding ortho intramolecular Hbond substituents is 1. The first-order valence-electron chi connectivity index (χ1n) is 6.52. The van der Waals surface area contributed by atoms with Gasteiger partial charge in [0.1, 0.15) is 9.77 Å². The molecule has 7 heteroatoms. The summed E-state index contributed by atoms with van der Waals surface area (Å²) in [6.45, 7) is 2.58. The molecule has 0 unspecified atom stereocenters. The van der Waals surface area contributed by atoms with Gasteiger partial charge in [0.15, 0.2) is 5.75 Å². The molecule has 1 aliphatic heterocycles. The summed E-state index contributed by atoms with van der Waals surface area (Å²) < 4.78 is 25.9. The van der Waals surface area contributed by atoms with Gasteiger partial charge in [0.05, 0.1) is 5.02 Å². The van der Waals surface area contributed by atoms with E-state index >= 15 is 0 Å². The van der Waals surface area contributed by atoms with Crippen LogP contribution in [0.4, 0.5) is 0 Å². The Labute approximate surface area is 129 Å². The number of rotatable bonds is 4. The predicted octanol–water partition coefficient (Wildman–Crippen LogP) is 3.35. The van der Waals surface area contributed by atoms with Gasteiger partial charge in [-0.25, -0.2) is 8.42 Å². The van der Waals surface area contributed by atoms with Crippen molar-refractivity contribution in [2.75, 3.05) is 6.54 Å². The maximum absolute atomic E-state index is 12.9. The molecular weight excluding hydrogens is 321 g/mol. The molecule has 1 saturated heterocycles. The Hall–Kier alpha value is -0.490. The summed E-state index contributed by atoms with van der Waals surface area (Å²) in [5.41, 5.74) is 0. The fourth-order valence-electron chi connectivity index (χ4n) is 2.72. The Morgan fingerprint density at radius 3 is 2.65 bits per heavy atom. The van der Waals surface area contributed by atoms with Crippen molar-refractivity contribution in [2.45, 2.75) is 42.4 Å². The maximum atomic E-state index is 12.9. The fourth-order valence-corrected chi connectivity index (χ4v) is 5.58. The maximum Gasteiger partial charge on any atom is 0.200 e. The Morgan fingerprint density at radius 2 is 2.10 bits per heavy atom. The van der Waals surface area contributed by atoms with E-state index in [4.69, 9.17) is 23.2 Å². The lowest BCUT2D eigenvalue weighted by atomic mass is 10.1. The summed E-state index contributed by atoms with van der Waals surface area (Å²) in [4.78, 5) is -1.23. The molecule has 1 aromatic carbocycles. The van der Waals surface area contributed by atoms with Gasteiger partial charge in [-0.2, -0.15) is 0 Å². The van der Waals surface area contributed by atoms with E-state index in [1.165, 1.54) is 12.1 Å². The molecule has 0 radical (unpaired) electrons. The number of aromatic hydroxyl groups is 1. The van der Waals surface area contributed by atoms with Crippen molar-refractivity contribution in [1.29, 1.82) is 0 Å². The lowest BCUT2D eigenvalue weighted by Crippen LogP contribution is -2.47. The molecule has 0 amide bonds. The highest BCUT2D eigenvalue weighted by Gasteiger charge is 2.47. The minimum atomic E-state index is -3.77. The first kappa shape index (κ1) is 15.9. The smallest absolute Gasteiger partial charge is 0.200 e. The normalized spacial score (nSPS) is 23.1. The fraction of sp³-hybridized carbons (Fsp3) is 0.538. The highest BCUT2D eigenvalue weighted by molar-refractivity contribution is 7.93. The van der Waals surface area contributed by atoms with Gasteiger partial charge in [-0.05, 0) is 37.9 Å². The molecule has 0 aliphatic carbocycles. The third-order valence-electron chi connectivity index (χ3n) is 3.66. The van der Waals surface area contributed by atoms with Gasteiger partial charge in [-0.3, -0.25) is 5.32 Å². The quantitative estimate of drug-likeness (QED) is 0.884. The van der Waals surface area contributed by atoms with E-state index in [1.807, 2.05) is 6.92 Å². The molecule has 0 aromatic heterocycles. The van der Waals surface area contributed by atoms with E-state index in [2.05, 4.69) is 5.32 Å². The van der Waals surface area contributed by atoms with Crippen LogP contribution in [0.2, 0.25) is 10.0 Å². The van der Waals surface area contributed by atoms with Crippen LogP contribution in [-0.4, -0.2) is 24.9 Å². The second-order valence-electron chi connectivity index (χ2n) is 5.01. The molecule has 1 heterocycles. The summed E-state index contributed by atoms with van der Waals surface area (Å²) in [7, 11) is -3.77. The molecule has 1 atom stereocenters. The molecule has 0 spiro atoms. The number of hydrogen-bond acceptors (Lipinski definition) is 4. The number of nitrogens with one attached hydrogen (secondary N) is 1. The minimum Gasteiger partial charge on any atom is -0.505 e. The number of hydrogen-bond donors (Lipinski definition) is 2. The minimum absolute atomic E-state index is 0.0549. The van der Waals surface area contributed by atoms with Crippen molar-refractivity contribution < 1.29 is 13.5 Å². The van der Waals surface area contributed by atoms with E-state index in [0.29, 0.717) is 19.4 Å². The van der Waals surface area contributed by atoms with Crippen LogP contribution in [0.15, 0.2) is 17.0 Å². The van der Waals surface area contributed by atoms with Crippen molar-refractivity contribution in [3.63, 3.8) is 0 Å². The lowest BCUT2D eigenvalue weighted by Gasteiger charge is -2.29. The monoisotopic (exact) mass is 337 g/mol. The third-order valence-corrected chi connectivity index (χ3v) is 6.63. The zero-order chi connectivity index (χ0) is 15.0. The number of phenols is 1. The van der Waals surface area contributed by atoms with Crippen LogP contribution in [0.1, 0.15) is 32.6 Å². The summed E-state index contributed by atoms with van der Waals surface area (Å²) in [5, 5.41) is 13.2. The van der Waals surface area contributed by atoms with Gasteiger partial charge in [0, 0.05) is 5.02 Å². The molecule has 1 fully saturated rings. The lowest BCUT2D eigenvalue weighted by molar-refractivity contribution is 0.432. The van der Waals surface area contributed by atoms with Crippen molar-refractivity contribution in [2.24, 2.45) is 0 Å². The van der Waals surface area contributed by atoms with Gasteiger partial charge in [0.25, 0.3) is 0 Å². The standard InChI is InChI=1S/C13H17Cl2NO3S/c1-2-4-13(5-3-6-16-13)20(18,19)11-8-9(14)7-10(15)12(11)17/h7-8,16-17H,2-6H2,1H3/t13-/m0/s1. The molecule has 0 saturated carbocycles. The van der Waals surface area contributed by atoms with E-state index in [0.717, 1.165) is 12.8 Å². The molecule has 1 aromatic rings. The number of sulfone groups is 1. The third kappa shape index (κ3) is 2.52.